The third-order valence-electron chi connectivity index (χ3n) is 4.42. The largest absolute Gasteiger partial charge is 0.511 e. The first-order valence-corrected chi connectivity index (χ1v) is 7.86. The molecule has 0 aromatic carbocycles. The van der Waals surface area contributed by atoms with Crippen LogP contribution in [-0.4, -0.2) is 30.8 Å². The van der Waals surface area contributed by atoms with Gasteiger partial charge in [0, 0.05) is 18.2 Å². The molecule has 3 rings (SSSR count). The number of fused-ring (bicyclic) bond motifs is 1. The molecule has 7 nitrogen and oxygen atoms in total. The molecule has 1 aliphatic carbocycles. The van der Waals surface area contributed by atoms with Crippen molar-refractivity contribution in [2.24, 2.45) is 5.92 Å². The summed E-state index contributed by atoms with van der Waals surface area (Å²) in [6, 6.07) is 1.49. The molecule has 2 aromatic heterocycles. The lowest BCUT2D eigenvalue weighted by Crippen LogP contribution is -2.31. The van der Waals surface area contributed by atoms with Crippen LogP contribution in [0.15, 0.2) is 17.2 Å². The Morgan fingerprint density at radius 2 is 1.96 bits per heavy atom. The first kappa shape index (κ1) is 18.2. The summed E-state index contributed by atoms with van der Waals surface area (Å²) in [6.45, 7) is 0. The summed E-state index contributed by atoms with van der Waals surface area (Å²) in [6.07, 6.45) is 6.52. The molecule has 0 amide bonds. The SMILES string of the molecule is Cl.O=C(O)CCC(O)=c1c(=O)cc(CC2CCCC2)n2ncnc12. The summed E-state index contributed by atoms with van der Waals surface area (Å²) in [5.41, 5.74) is 0.763. The second-order valence-corrected chi connectivity index (χ2v) is 6.07. The van der Waals surface area contributed by atoms with Gasteiger partial charge in [-0.1, -0.05) is 25.7 Å². The molecular formula is C16H20ClN3O4. The highest BCUT2D eigenvalue weighted by Gasteiger charge is 2.19. The zero-order valence-corrected chi connectivity index (χ0v) is 14.0. The third-order valence-corrected chi connectivity index (χ3v) is 4.42. The molecule has 24 heavy (non-hydrogen) atoms. The highest BCUT2D eigenvalue weighted by molar-refractivity contribution is 5.85. The first-order valence-electron chi connectivity index (χ1n) is 7.86. The van der Waals surface area contributed by atoms with Gasteiger partial charge >= 0.3 is 5.97 Å². The van der Waals surface area contributed by atoms with E-state index in [2.05, 4.69) is 10.1 Å². The van der Waals surface area contributed by atoms with E-state index in [1.165, 1.54) is 25.2 Å². The van der Waals surface area contributed by atoms with Crippen LogP contribution in [0.3, 0.4) is 0 Å². The molecule has 2 N–H and O–H groups in total. The van der Waals surface area contributed by atoms with Crippen LogP contribution < -0.4 is 10.6 Å². The molecule has 8 heteroatoms. The summed E-state index contributed by atoms with van der Waals surface area (Å²) in [5.74, 6) is -0.723. The van der Waals surface area contributed by atoms with E-state index in [1.54, 1.807) is 4.52 Å². The molecule has 1 saturated carbocycles. The number of hydrogen-bond acceptors (Lipinski definition) is 5. The normalized spacial score (nSPS) is 16.2. The number of aliphatic hydroxyl groups excluding tert-OH is 1. The van der Waals surface area contributed by atoms with Crippen molar-refractivity contribution >= 4 is 29.8 Å². The predicted octanol–water partition coefficient (Wildman–Crippen LogP) is 1.49. The van der Waals surface area contributed by atoms with Crippen LogP contribution in [0.1, 0.15) is 44.2 Å². The number of halogens is 1. The van der Waals surface area contributed by atoms with E-state index in [9.17, 15) is 14.7 Å². The van der Waals surface area contributed by atoms with E-state index in [-0.39, 0.29) is 41.7 Å². The number of nitrogens with zero attached hydrogens (tertiary/aromatic N) is 3. The molecule has 0 radical (unpaired) electrons. The number of rotatable bonds is 5. The van der Waals surface area contributed by atoms with E-state index in [0.29, 0.717) is 11.6 Å². The maximum Gasteiger partial charge on any atom is 0.303 e. The van der Waals surface area contributed by atoms with Gasteiger partial charge in [0.25, 0.3) is 0 Å². The van der Waals surface area contributed by atoms with Gasteiger partial charge in [0.05, 0.1) is 6.42 Å². The van der Waals surface area contributed by atoms with Crippen LogP contribution in [0.5, 0.6) is 0 Å². The van der Waals surface area contributed by atoms with Crippen LogP contribution in [0.2, 0.25) is 0 Å². The standard InChI is InChI=1S/C16H19N3O4.ClH/c20-12(5-6-14(22)23)15-13(21)8-11(7-10-3-1-2-4-10)19-16(15)17-9-18-19;/h8-10,20H,1-7H2,(H,22,23);1H. The van der Waals surface area contributed by atoms with E-state index in [4.69, 9.17) is 5.11 Å². The maximum atomic E-state index is 12.4. The summed E-state index contributed by atoms with van der Waals surface area (Å²) in [7, 11) is 0. The Bertz CT molecular complexity index is 843. The fourth-order valence-electron chi connectivity index (χ4n) is 3.29. The lowest BCUT2D eigenvalue weighted by Gasteiger charge is -2.10. The van der Waals surface area contributed by atoms with Crippen molar-refractivity contribution in [1.29, 1.82) is 0 Å². The van der Waals surface area contributed by atoms with E-state index in [1.807, 2.05) is 0 Å². The van der Waals surface area contributed by atoms with Gasteiger partial charge in [0.1, 0.15) is 17.3 Å². The Morgan fingerprint density at radius 1 is 1.25 bits per heavy atom. The minimum absolute atomic E-state index is 0. The van der Waals surface area contributed by atoms with Gasteiger partial charge in [-0.25, -0.2) is 9.50 Å². The number of pyridine rings is 1. The number of carboxylic acid groups (broad SMARTS) is 1. The Kier molecular flexibility index (Phi) is 5.77. The van der Waals surface area contributed by atoms with Crippen molar-refractivity contribution in [1.82, 2.24) is 14.6 Å². The number of carboxylic acids is 1. The van der Waals surface area contributed by atoms with Crippen LogP contribution >= 0.6 is 12.4 Å². The highest BCUT2D eigenvalue weighted by atomic mass is 35.5. The Morgan fingerprint density at radius 3 is 2.62 bits per heavy atom. The molecule has 130 valence electrons. The van der Waals surface area contributed by atoms with E-state index in [0.717, 1.165) is 25.0 Å². The number of aliphatic carboxylic acids is 1. The van der Waals surface area contributed by atoms with E-state index >= 15 is 0 Å². The van der Waals surface area contributed by atoms with Crippen LogP contribution in [0.25, 0.3) is 11.4 Å². The van der Waals surface area contributed by atoms with Gasteiger partial charge in [-0.15, -0.1) is 12.4 Å². The van der Waals surface area contributed by atoms with Gasteiger partial charge in [0.15, 0.2) is 11.1 Å². The lowest BCUT2D eigenvalue weighted by atomic mass is 10.0. The van der Waals surface area contributed by atoms with E-state index < -0.39 is 5.97 Å². The molecule has 0 bridgehead atoms. The predicted molar refractivity (Wildman–Crippen MR) is 90.3 cm³/mol. The van der Waals surface area contributed by atoms with Gasteiger partial charge in [0.2, 0.25) is 0 Å². The van der Waals surface area contributed by atoms with Gasteiger partial charge in [-0.2, -0.15) is 5.10 Å². The molecule has 0 spiro atoms. The zero-order chi connectivity index (χ0) is 16.4. The number of aliphatic hydroxyl groups is 1. The summed E-state index contributed by atoms with van der Waals surface area (Å²) >= 11 is 0. The van der Waals surface area contributed by atoms with Crippen LogP contribution in [0.4, 0.5) is 0 Å². The second kappa shape index (κ2) is 7.61. The number of aromatic nitrogens is 3. The Hall–Kier alpha value is -2.15. The van der Waals surface area contributed by atoms with Crippen molar-refractivity contribution in [3.05, 3.63) is 33.5 Å². The number of carbonyl (C=O) groups is 1. The molecule has 0 saturated heterocycles. The highest BCUT2D eigenvalue weighted by Crippen LogP contribution is 2.27. The van der Waals surface area contributed by atoms with Crippen LogP contribution in [0, 0.1) is 5.92 Å². The molecule has 0 aliphatic heterocycles. The molecule has 0 unspecified atom stereocenters. The molecule has 0 atom stereocenters. The van der Waals surface area contributed by atoms with Crippen molar-refractivity contribution in [3.8, 4) is 0 Å². The summed E-state index contributed by atoms with van der Waals surface area (Å²) in [4.78, 5) is 27.1. The van der Waals surface area contributed by atoms with Crippen LogP contribution in [-0.2, 0) is 11.2 Å². The summed E-state index contributed by atoms with van der Waals surface area (Å²) < 4.78 is 1.59. The quantitative estimate of drug-likeness (QED) is 0.843. The van der Waals surface area contributed by atoms with Crippen molar-refractivity contribution < 1.29 is 15.0 Å². The average molecular weight is 354 g/mol. The monoisotopic (exact) mass is 353 g/mol. The first-order chi connectivity index (χ1) is 11.1. The molecule has 2 aromatic rings. The topological polar surface area (TPSA) is 105 Å². The van der Waals surface area contributed by atoms with Crippen molar-refractivity contribution in [2.45, 2.75) is 44.9 Å². The number of hydrogen-bond donors (Lipinski definition) is 2. The van der Waals surface area contributed by atoms with Gasteiger partial charge in [-0.3, -0.25) is 9.59 Å². The average Bonchev–Trinajstić information content (AvgIpc) is 3.16. The molecule has 1 aliphatic rings. The fraction of sp³-hybridized carbons (Fsp3) is 0.500. The Labute approximate surface area is 144 Å². The lowest BCUT2D eigenvalue weighted by molar-refractivity contribution is -0.136. The zero-order valence-electron chi connectivity index (χ0n) is 13.1. The van der Waals surface area contributed by atoms with Gasteiger partial charge < -0.3 is 10.2 Å². The maximum absolute atomic E-state index is 12.4. The Balaban J connectivity index is 0.00000208. The molecular weight excluding hydrogens is 334 g/mol. The summed E-state index contributed by atoms with van der Waals surface area (Å²) in [5, 5.41) is 23.1. The van der Waals surface area contributed by atoms with Gasteiger partial charge in [-0.05, 0) is 12.3 Å². The second-order valence-electron chi connectivity index (χ2n) is 6.07. The third kappa shape index (κ3) is 3.67. The minimum atomic E-state index is -1.03. The smallest absolute Gasteiger partial charge is 0.303 e. The molecule has 2 heterocycles. The minimum Gasteiger partial charge on any atom is -0.511 e. The fourth-order valence-corrected chi connectivity index (χ4v) is 3.29. The van der Waals surface area contributed by atoms with Crippen molar-refractivity contribution in [3.63, 3.8) is 0 Å². The molecule has 1 fully saturated rings. The van der Waals surface area contributed by atoms with Crippen molar-refractivity contribution in [2.75, 3.05) is 0 Å².